The van der Waals surface area contributed by atoms with Crippen LogP contribution in [0.15, 0.2) is 18.2 Å². The normalized spacial score (nSPS) is 9.50. The van der Waals surface area contributed by atoms with E-state index in [1.54, 1.807) is 13.1 Å². The second-order valence-electron chi connectivity index (χ2n) is 2.28. The first kappa shape index (κ1) is 9.29. The van der Waals surface area contributed by atoms with Crippen LogP contribution in [0, 0.1) is 0 Å². The van der Waals surface area contributed by atoms with E-state index >= 15 is 0 Å². The minimum Gasteiger partial charge on any atom is -0.389 e. The molecule has 0 unspecified atom stereocenters. The fourth-order valence-electron chi connectivity index (χ4n) is 0.983. The zero-order valence-corrected chi connectivity index (χ0v) is 8.17. The maximum absolute atomic E-state index is 5.90. The predicted octanol–water partition coefficient (Wildman–Crippen LogP) is 2.02. The quantitative estimate of drug-likeness (QED) is 0.718. The first-order valence-corrected chi connectivity index (χ1v) is 4.21. The summed E-state index contributed by atoms with van der Waals surface area (Å²) in [7, 11) is 1.80. The van der Waals surface area contributed by atoms with E-state index in [9.17, 15) is 0 Å². The number of halogens is 1. The van der Waals surface area contributed by atoms with Crippen molar-refractivity contribution in [3.05, 3.63) is 28.8 Å². The van der Waals surface area contributed by atoms with Crippen molar-refractivity contribution in [1.82, 2.24) is 0 Å². The van der Waals surface area contributed by atoms with Crippen LogP contribution in [0.5, 0.6) is 0 Å². The van der Waals surface area contributed by atoms with Gasteiger partial charge in [-0.25, -0.2) is 0 Å². The highest BCUT2D eigenvalue weighted by Crippen LogP contribution is 2.23. The third-order valence-corrected chi connectivity index (χ3v) is 2.05. The second kappa shape index (κ2) is 3.74. The monoisotopic (exact) mass is 200 g/mol. The van der Waals surface area contributed by atoms with Crippen LogP contribution < -0.4 is 11.1 Å². The van der Waals surface area contributed by atoms with Crippen LogP contribution >= 0.6 is 23.8 Å². The van der Waals surface area contributed by atoms with Gasteiger partial charge in [-0.15, -0.1) is 0 Å². The summed E-state index contributed by atoms with van der Waals surface area (Å²) >= 11 is 10.8. The molecule has 3 N–H and O–H groups in total. The van der Waals surface area contributed by atoms with Crippen LogP contribution in [0.2, 0.25) is 5.02 Å². The maximum atomic E-state index is 5.90. The van der Waals surface area contributed by atoms with Gasteiger partial charge in [0.15, 0.2) is 0 Å². The van der Waals surface area contributed by atoms with Crippen molar-refractivity contribution in [3.8, 4) is 0 Å². The molecule has 0 aromatic heterocycles. The zero-order chi connectivity index (χ0) is 9.14. The highest BCUT2D eigenvalue weighted by molar-refractivity contribution is 7.80. The van der Waals surface area contributed by atoms with Crippen molar-refractivity contribution in [3.63, 3.8) is 0 Å². The molecule has 64 valence electrons. The summed E-state index contributed by atoms with van der Waals surface area (Å²) in [6, 6.07) is 5.48. The Balaban J connectivity index is 3.29. The van der Waals surface area contributed by atoms with Gasteiger partial charge in [-0.2, -0.15) is 0 Å². The molecule has 0 aliphatic heterocycles. The Morgan fingerprint density at radius 3 is 2.67 bits per heavy atom. The molecular formula is C8H9ClN2S. The van der Waals surface area contributed by atoms with Crippen molar-refractivity contribution in [2.45, 2.75) is 0 Å². The van der Waals surface area contributed by atoms with Gasteiger partial charge in [-0.1, -0.05) is 29.9 Å². The molecule has 2 nitrogen and oxygen atoms in total. The largest absolute Gasteiger partial charge is 0.389 e. The van der Waals surface area contributed by atoms with Crippen molar-refractivity contribution < 1.29 is 0 Å². The van der Waals surface area contributed by atoms with Crippen LogP contribution in [-0.2, 0) is 0 Å². The first-order valence-electron chi connectivity index (χ1n) is 3.43. The Morgan fingerprint density at radius 1 is 1.58 bits per heavy atom. The van der Waals surface area contributed by atoms with Gasteiger partial charge in [0.25, 0.3) is 0 Å². The summed E-state index contributed by atoms with van der Waals surface area (Å²) in [6.45, 7) is 0. The highest BCUT2D eigenvalue weighted by atomic mass is 35.5. The van der Waals surface area contributed by atoms with Gasteiger partial charge < -0.3 is 11.1 Å². The molecule has 1 aromatic carbocycles. The summed E-state index contributed by atoms with van der Waals surface area (Å²) in [6.07, 6.45) is 0. The molecule has 0 aliphatic carbocycles. The van der Waals surface area contributed by atoms with Crippen molar-refractivity contribution in [2.75, 3.05) is 12.4 Å². The van der Waals surface area contributed by atoms with Crippen LogP contribution in [0.1, 0.15) is 5.56 Å². The molecule has 12 heavy (non-hydrogen) atoms. The third-order valence-electron chi connectivity index (χ3n) is 1.53. The Kier molecular flexibility index (Phi) is 2.89. The minimum absolute atomic E-state index is 0.310. The first-order chi connectivity index (χ1) is 5.66. The van der Waals surface area contributed by atoms with Crippen molar-refractivity contribution in [1.29, 1.82) is 0 Å². The molecule has 0 saturated heterocycles. The lowest BCUT2D eigenvalue weighted by molar-refractivity contribution is 1.49. The van der Waals surface area contributed by atoms with E-state index in [4.69, 9.17) is 29.6 Å². The van der Waals surface area contributed by atoms with Crippen LogP contribution in [0.3, 0.4) is 0 Å². The lowest BCUT2D eigenvalue weighted by Gasteiger charge is -2.08. The topological polar surface area (TPSA) is 38.0 Å². The standard InChI is InChI=1S/C8H9ClN2S/c1-11-6-4-2-3-5(9)7(6)8(10)12/h2-4,11H,1H3,(H2,10,12). The molecule has 0 aliphatic rings. The van der Waals surface area contributed by atoms with Gasteiger partial charge in [0.2, 0.25) is 0 Å². The number of nitrogens with two attached hydrogens (primary N) is 1. The fourth-order valence-corrected chi connectivity index (χ4v) is 1.54. The fraction of sp³-hybridized carbons (Fsp3) is 0.125. The number of benzene rings is 1. The van der Waals surface area contributed by atoms with E-state index in [1.807, 2.05) is 12.1 Å². The van der Waals surface area contributed by atoms with Gasteiger partial charge in [0.1, 0.15) is 4.99 Å². The number of rotatable bonds is 2. The zero-order valence-electron chi connectivity index (χ0n) is 6.60. The van der Waals surface area contributed by atoms with Crippen LogP contribution in [0.4, 0.5) is 5.69 Å². The molecule has 0 radical (unpaired) electrons. The van der Waals surface area contributed by atoms with E-state index in [0.717, 1.165) is 5.69 Å². The third kappa shape index (κ3) is 1.68. The van der Waals surface area contributed by atoms with Gasteiger partial charge in [-0.3, -0.25) is 0 Å². The SMILES string of the molecule is CNc1cccc(Cl)c1C(N)=S. The van der Waals surface area contributed by atoms with E-state index in [1.165, 1.54) is 0 Å². The predicted molar refractivity (Wildman–Crippen MR) is 56.9 cm³/mol. The van der Waals surface area contributed by atoms with E-state index < -0.39 is 0 Å². The lowest BCUT2D eigenvalue weighted by Crippen LogP contribution is -2.12. The molecule has 0 heterocycles. The average molecular weight is 201 g/mol. The van der Waals surface area contributed by atoms with Gasteiger partial charge >= 0.3 is 0 Å². The van der Waals surface area contributed by atoms with Gasteiger partial charge in [0, 0.05) is 12.7 Å². The van der Waals surface area contributed by atoms with E-state index in [0.29, 0.717) is 15.6 Å². The number of nitrogens with one attached hydrogen (secondary N) is 1. The molecule has 0 amide bonds. The minimum atomic E-state index is 0.310. The van der Waals surface area contributed by atoms with Crippen LogP contribution in [0.25, 0.3) is 0 Å². The lowest BCUT2D eigenvalue weighted by atomic mass is 10.2. The molecule has 0 bridgehead atoms. The Hall–Kier alpha value is -0.800. The number of hydrogen-bond donors (Lipinski definition) is 2. The summed E-state index contributed by atoms with van der Waals surface area (Å²) < 4.78 is 0. The Morgan fingerprint density at radius 2 is 2.25 bits per heavy atom. The van der Waals surface area contributed by atoms with E-state index in [-0.39, 0.29) is 0 Å². The molecule has 0 atom stereocenters. The smallest absolute Gasteiger partial charge is 0.107 e. The molecule has 0 fully saturated rings. The molecular weight excluding hydrogens is 192 g/mol. The number of thiocarbonyl (C=S) groups is 1. The summed E-state index contributed by atoms with van der Waals surface area (Å²) in [5.74, 6) is 0. The molecule has 0 spiro atoms. The van der Waals surface area contributed by atoms with Gasteiger partial charge in [-0.05, 0) is 12.1 Å². The highest BCUT2D eigenvalue weighted by Gasteiger charge is 2.07. The summed E-state index contributed by atoms with van der Waals surface area (Å²) in [5.41, 5.74) is 7.06. The van der Waals surface area contributed by atoms with Gasteiger partial charge in [0.05, 0.1) is 10.6 Å². The van der Waals surface area contributed by atoms with Crippen LogP contribution in [-0.4, -0.2) is 12.0 Å². The maximum Gasteiger partial charge on any atom is 0.107 e. The number of anilines is 1. The summed E-state index contributed by atoms with van der Waals surface area (Å²) in [5, 5.41) is 3.54. The average Bonchev–Trinajstić information content (AvgIpc) is 2.03. The number of hydrogen-bond acceptors (Lipinski definition) is 2. The van der Waals surface area contributed by atoms with Crippen molar-refractivity contribution >= 4 is 34.5 Å². The summed E-state index contributed by atoms with van der Waals surface area (Å²) in [4.78, 5) is 0.310. The molecule has 1 rings (SSSR count). The molecule has 4 heteroatoms. The Labute approximate surface area is 81.7 Å². The Bertz CT molecular complexity index is 312. The van der Waals surface area contributed by atoms with E-state index in [2.05, 4.69) is 5.32 Å². The second-order valence-corrected chi connectivity index (χ2v) is 3.12. The van der Waals surface area contributed by atoms with Crippen molar-refractivity contribution in [2.24, 2.45) is 5.73 Å². The molecule has 1 aromatic rings. The molecule has 0 saturated carbocycles.